The van der Waals surface area contributed by atoms with Crippen molar-refractivity contribution in [1.29, 1.82) is 0 Å². The molecule has 6 heterocycles. The molecule has 102 heavy (non-hydrogen) atoms. The van der Waals surface area contributed by atoms with Crippen molar-refractivity contribution in [2.24, 2.45) is 0 Å². The van der Waals surface area contributed by atoms with Crippen LogP contribution in [0.4, 0.5) is 0 Å². The first-order valence-electron chi connectivity index (χ1n) is 36.9. The van der Waals surface area contributed by atoms with Gasteiger partial charge in [-0.2, -0.15) is 0 Å². The van der Waals surface area contributed by atoms with Crippen LogP contribution in [-0.4, -0.2) is 13.4 Å². The van der Waals surface area contributed by atoms with Crippen LogP contribution in [-0.2, 0) is 32.5 Å². The summed E-state index contributed by atoms with van der Waals surface area (Å²) in [5, 5.41) is 12.2. The Morgan fingerprint density at radius 2 is 0.627 bits per heavy atom. The molecule has 4 nitrogen and oxygen atoms in total. The van der Waals surface area contributed by atoms with E-state index in [2.05, 4.69) is 362 Å². The van der Waals surface area contributed by atoms with Gasteiger partial charge >= 0.3 is 0 Å². The maximum atomic E-state index is 7.11. The van der Waals surface area contributed by atoms with Gasteiger partial charge in [-0.3, -0.25) is 0 Å². The Kier molecular flexibility index (Phi) is 13.5. The predicted molar refractivity (Wildman–Crippen MR) is 439 cm³/mol. The molecular weight excluding hydrogens is 1240 g/mol. The SMILES string of the molecule is CC(C)(C)c1cc(-c2cc(-c3ccc4c(c3)c3ccccc3n4-c3cccc(-c4ccccc4)c3)c3c(c2)c2cc(-c4cc(C(C)(C)C)cc(C(C)(C)C)c4)cc4c5c6c7cc(-c8cc(C(C)(C)C)cc(C(C)(C)C)c8)cc8c9oc%10ccccc%10c9n(c6ccc5n3c24)c87)cc(C(C)(C)C)c1. The Morgan fingerprint density at radius 1 is 0.235 bits per heavy atom. The molecule has 0 atom stereocenters. The van der Waals surface area contributed by atoms with E-state index in [0.717, 1.165) is 33.1 Å². The Labute approximate surface area is 599 Å². The molecule has 0 spiro atoms. The van der Waals surface area contributed by atoms with Gasteiger partial charge in [0.1, 0.15) is 11.1 Å². The molecule has 0 aliphatic rings. The van der Waals surface area contributed by atoms with E-state index >= 15 is 0 Å². The summed E-state index contributed by atoms with van der Waals surface area (Å²) in [6.07, 6.45) is 0. The number of nitrogens with zero attached hydrogens (tertiary/aromatic N) is 3. The minimum Gasteiger partial charge on any atom is -0.454 e. The molecule has 0 bridgehead atoms. The van der Waals surface area contributed by atoms with E-state index in [1.807, 2.05) is 0 Å². The van der Waals surface area contributed by atoms with Crippen molar-refractivity contribution in [2.75, 3.05) is 0 Å². The summed E-state index contributed by atoms with van der Waals surface area (Å²) in [6, 6.07) is 87.2. The third kappa shape index (κ3) is 9.82. The van der Waals surface area contributed by atoms with Crippen LogP contribution in [0.15, 0.2) is 229 Å². The number of para-hydroxylation sites is 2. The van der Waals surface area contributed by atoms with Gasteiger partial charge in [0, 0.05) is 65.1 Å². The zero-order valence-electron chi connectivity index (χ0n) is 62.6. The van der Waals surface area contributed by atoms with Crippen molar-refractivity contribution in [2.45, 2.75) is 157 Å². The molecular formula is C98H91N3O. The second-order valence-corrected chi connectivity index (χ2v) is 36.0. The van der Waals surface area contributed by atoms with Gasteiger partial charge in [-0.05, 0) is 207 Å². The lowest BCUT2D eigenvalue weighted by Crippen LogP contribution is -2.16. The predicted octanol–water partition coefficient (Wildman–Crippen LogP) is 28.0. The maximum absolute atomic E-state index is 7.11. The molecule has 0 saturated heterocycles. The van der Waals surface area contributed by atoms with E-state index in [0.29, 0.717) is 0 Å². The summed E-state index contributed by atoms with van der Waals surface area (Å²) in [6.45, 7) is 42.4. The molecule has 18 rings (SSSR count). The lowest BCUT2D eigenvalue weighted by atomic mass is 9.78. The van der Waals surface area contributed by atoms with Crippen LogP contribution < -0.4 is 0 Å². The number of hydrogen-bond donors (Lipinski definition) is 0. The van der Waals surface area contributed by atoms with Crippen LogP contribution in [0.25, 0.3) is 170 Å². The highest BCUT2D eigenvalue weighted by molar-refractivity contribution is 6.37. The van der Waals surface area contributed by atoms with Gasteiger partial charge in [-0.15, -0.1) is 0 Å². The molecule has 0 radical (unpaired) electrons. The lowest BCUT2D eigenvalue weighted by Gasteiger charge is -2.26. The number of aromatic nitrogens is 3. The van der Waals surface area contributed by atoms with Crippen molar-refractivity contribution in [3.63, 3.8) is 0 Å². The fourth-order valence-corrected chi connectivity index (χ4v) is 16.8. The van der Waals surface area contributed by atoms with E-state index in [-0.39, 0.29) is 32.5 Å². The maximum Gasteiger partial charge on any atom is 0.161 e. The molecule has 0 N–H and O–H groups in total. The Hall–Kier alpha value is -10.4. The first-order valence-corrected chi connectivity index (χ1v) is 36.9. The summed E-state index contributed by atoms with van der Waals surface area (Å²) in [4.78, 5) is 0. The zero-order valence-corrected chi connectivity index (χ0v) is 62.6. The van der Waals surface area contributed by atoms with E-state index in [9.17, 15) is 0 Å². The van der Waals surface area contributed by atoms with Crippen molar-refractivity contribution >= 4 is 109 Å². The first kappa shape index (κ1) is 63.7. The molecule has 0 unspecified atom stereocenters. The lowest BCUT2D eigenvalue weighted by molar-refractivity contribution is 0.568. The number of fused-ring (bicyclic) bond motifs is 18. The molecule has 18 aromatic rings. The summed E-state index contributed by atoms with van der Waals surface area (Å²) in [7, 11) is 0. The van der Waals surface area contributed by atoms with Crippen molar-refractivity contribution in [1.82, 2.24) is 13.4 Å². The molecule has 0 fully saturated rings. The quantitative estimate of drug-likeness (QED) is 0.163. The van der Waals surface area contributed by atoms with Crippen LogP contribution >= 0.6 is 0 Å². The molecule has 4 heteroatoms. The Bertz CT molecular complexity index is 6430. The van der Waals surface area contributed by atoms with Crippen LogP contribution in [0.3, 0.4) is 0 Å². The molecule has 12 aromatic carbocycles. The number of furan rings is 1. The number of rotatable bonds is 6. The third-order valence-electron chi connectivity index (χ3n) is 22.7. The van der Waals surface area contributed by atoms with Crippen molar-refractivity contribution < 1.29 is 4.42 Å². The highest BCUT2D eigenvalue weighted by Gasteiger charge is 2.32. The van der Waals surface area contributed by atoms with E-state index < -0.39 is 0 Å². The summed E-state index contributed by atoms with van der Waals surface area (Å²) >= 11 is 0. The van der Waals surface area contributed by atoms with Gasteiger partial charge in [0.25, 0.3) is 0 Å². The van der Waals surface area contributed by atoms with Crippen LogP contribution in [0.2, 0.25) is 0 Å². The monoisotopic (exact) mass is 1330 g/mol. The molecule has 504 valence electrons. The van der Waals surface area contributed by atoms with Gasteiger partial charge in [-0.25, -0.2) is 0 Å². The normalized spacial score (nSPS) is 13.4. The van der Waals surface area contributed by atoms with Gasteiger partial charge in [0.2, 0.25) is 0 Å². The minimum absolute atomic E-state index is 0.0716. The van der Waals surface area contributed by atoms with Gasteiger partial charge < -0.3 is 17.8 Å². The van der Waals surface area contributed by atoms with Crippen molar-refractivity contribution in [3.05, 3.63) is 258 Å². The molecule has 0 amide bonds. The first-order chi connectivity index (χ1) is 48.3. The zero-order chi connectivity index (χ0) is 71.0. The third-order valence-corrected chi connectivity index (χ3v) is 22.7. The smallest absolute Gasteiger partial charge is 0.161 e. The number of benzene rings is 12. The van der Waals surface area contributed by atoms with Gasteiger partial charge in [0.15, 0.2) is 5.58 Å². The van der Waals surface area contributed by atoms with Crippen LogP contribution in [0, 0.1) is 0 Å². The van der Waals surface area contributed by atoms with Gasteiger partial charge in [0.05, 0.1) is 38.6 Å². The summed E-state index contributed by atoms with van der Waals surface area (Å²) < 4.78 is 14.8. The highest BCUT2D eigenvalue weighted by Crippen LogP contribution is 2.53. The van der Waals surface area contributed by atoms with Crippen molar-refractivity contribution in [3.8, 4) is 61.3 Å². The molecule has 0 saturated carbocycles. The fourth-order valence-electron chi connectivity index (χ4n) is 16.8. The minimum atomic E-state index is -0.0935. The average Bonchev–Trinajstić information content (AvgIpc) is 1.50. The van der Waals surface area contributed by atoms with E-state index in [1.54, 1.807) is 0 Å². The highest BCUT2D eigenvalue weighted by atomic mass is 16.3. The topological polar surface area (TPSA) is 26.9 Å². The van der Waals surface area contributed by atoms with E-state index in [4.69, 9.17) is 4.42 Å². The average molecular weight is 1330 g/mol. The Morgan fingerprint density at radius 3 is 1.16 bits per heavy atom. The standard InChI is InChI=1S/C98H91N3O/c1-93(2,3)65-39-59(40-66(53-65)94(4,5)6)62-47-74(58-35-36-82-75(46-58)72-31-22-24-33-81(72)99(82)71-30-26-29-57(45-71)56-27-20-19-21-28-56)88-76(48-62)77-49-63(60-41-67(95(7,8)9)54-68(42-60)96(10,11)12)50-78-86-83(100(88)89(77)78)37-38-84-87(86)79-51-64(61-43-69(97(13,14)15)55-70(44-61)98(16,17)18)52-80-90(79)101(84)91-73-32-23-25-34-85(73)102-92(80)91/h19-55H,1-18H3. The van der Waals surface area contributed by atoms with E-state index in [1.165, 1.54) is 171 Å². The van der Waals surface area contributed by atoms with Crippen LogP contribution in [0.5, 0.6) is 0 Å². The molecule has 0 aliphatic heterocycles. The second kappa shape index (κ2) is 21.6. The molecule has 0 aliphatic carbocycles. The fraction of sp³-hybridized carbons (Fsp3) is 0.245. The summed E-state index contributed by atoms with van der Waals surface area (Å²) in [5.41, 5.74) is 32.0. The summed E-state index contributed by atoms with van der Waals surface area (Å²) in [5.74, 6) is 0. The Balaban J connectivity index is 1.02. The largest absolute Gasteiger partial charge is 0.454 e. The van der Waals surface area contributed by atoms with Gasteiger partial charge in [-0.1, -0.05) is 258 Å². The van der Waals surface area contributed by atoms with Crippen LogP contribution in [0.1, 0.15) is 158 Å². The second-order valence-electron chi connectivity index (χ2n) is 36.0. The number of hydrogen-bond acceptors (Lipinski definition) is 1. The molecule has 6 aromatic heterocycles.